The summed E-state index contributed by atoms with van der Waals surface area (Å²) in [5.74, 6) is -3.65. The van der Waals surface area contributed by atoms with E-state index in [4.69, 9.17) is 19.8 Å². The number of nitro benzene ring substituents is 1. The number of nitrogens with zero attached hydrogens (tertiary/aromatic N) is 4. The number of carboxylic acid groups (broad SMARTS) is 2. The maximum absolute atomic E-state index is 11.1. The lowest BCUT2D eigenvalue weighted by Gasteiger charge is -2.42. The van der Waals surface area contributed by atoms with Gasteiger partial charge >= 0.3 is 11.9 Å². The molecule has 0 spiro atoms. The number of rotatable bonds is 5. The average Bonchev–Trinajstić information content (AvgIpc) is 2.75. The van der Waals surface area contributed by atoms with E-state index in [1.807, 2.05) is 12.1 Å². The number of carbonyl (C=O) groups is 2. The van der Waals surface area contributed by atoms with Crippen LogP contribution in [0.4, 0.5) is 5.69 Å². The molecule has 0 saturated carbocycles. The first-order valence-corrected chi connectivity index (χ1v) is 10.2. The van der Waals surface area contributed by atoms with Crippen LogP contribution < -0.4 is 0 Å². The minimum atomic E-state index is -1.82. The Kier molecular flexibility index (Phi) is 9.15. The molecule has 0 radical (unpaired) electrons. The van der Waals surface area contributed by atoms with E-state index >= 15 is 0 Å². The zero-order chi connectivity index (χ0) is 22.1. The number of nitro groups is 1. The number of para-hydroxylation sites is 1. The zero-order valence-corrected chi connectivity index (χ0v) is 17.3. The topological polar surface area (TPSA) is 127 Å². The number of piperidine rings is 1. The van der Waals surface area contributed by atoms with Crippen LogP contribution in [-0.2, 0) is 16.1 Å². The SMILES string of the molecule is CCN1CCN(C2CCN(Cc3ccccc3[N+](=O)[O-])CC2)CC1.O=C(O)C(=O)O. The molecule has 1 aromatic carbocycles. The number of benzene rings is 1. The van der Waals surface area contributed by atoms with Gasteiger partial charge in [-0.2, -0.15) is 0 Å². The van der Waals surface area contributed by atoms with Gasteiger partial charge in [0.2, 0.25) is 0 Å². The molecule has 10 heteroatoms. The Bertz CT molecular complexity index is 716. The second-order valence-electron chi connectivity index (χ2n) is 7.47. The lowest BCUT2D eigenvalue weighted by Crippen LogP contribution is -2.53. The van der Waals surface area contributed by atoms with Crippen molar-refractivity contribution in [3.63, 3.8) is 0 Å². The number of carboxylic acids is 2. The van der Waals surface area contributed by atoms with Gasteiger partial charge in [0.15, 0.2) is 0 Å². The van der Waals surface area contributed by atoms with Crippen LogP contribution in [0.2, 0.25) is 0 Å². The highest BCUT2D eigenvalue weighted by Crippen LogP contribution is 2.23. The fraction of sp³-hybridized carbons (Fsp3) is 0.600. The zero-order valence-electron chi connectivity index (χ0n) is 17.3. The number of aliphatic carboxylic acids is 2. The molecule has 166 valence electrons. The normalized spacial score (nSPS) is 19.0. The summed E-state index contributed by atoms with van der Waals surface area (Å²) in [6.07, 6.45) is 2.35. The lowest BCUT2D eigenvalue weighted by atomic mass is 10.0. The molecule has 2 aliphatic heterocycles. The Morgan fingerprint density at radius 1 is 1.00 bits per heavy atom. The summed E-state index contributed by atoms with van der Waals surface area (Å²) in [6.45, 7) is 10.9. The van der Waals surface area contributed by atoms with Gasteiger partial charge in [0.05, 0.1) is 4.92 Å². The fourth-order valence-electron chi connectivity index (χ4n) is 3.95. The summed E-state index contributed by atoms with van der Waals surface area (Å²) in [5.41, 5.74) is 1.08. The number of hydrogen-bond acceptors (Lipinski definition) is 7. The van der Waals surface area contributed by atoms with Gasteiger partial charge < -0.3 is 15.1 Å². The van der Waals surface area contributed by atoms with Crippen molar-refractivity contribution in [2.24, 2.45) is 0 Å². The molecule has 0 amide bonds. The Morgan fingerprint density at radius 2 is 1.57 bits per heavy atom. The van der Waals surface area contributed by atoms with E-state index in [0.29, 0.717) is 12.6 Å². The van der Waals surface area contributed by atoms with Crippen LogP contribution >= 0.6 is 0 Å². The Hall–Kier alpha value is -2.56. The number of likely N-dealkylation sites (tertiary alicyclic amines) is 1. The van der Waals surface area contributed by atoms with Gasteiger partial charge in [-0.05, 0) is 32.5 Å². The highest BCUT2D eigenvalue weighted by molar-refractivity contribution is 6.27. The quantitative estimate of drug-likeness (QED) is 0.410. The average molecular weight is 422 g/mol. The summed E-state index contributed by atoms with van der Waals surface area (Å²) in [5, 5.41) is 25.9. The smallest absolute Gasteiger partial charge is 0.414 e. The van der Waals surface area contributed by atoms with Crippen molar-refractivity contribution in [1.82, 2.24) is 14.7 Å². The van der Waals surface area contributed by atoms with Crippen molar-refractivity contribution >= 4 is 17.6 Å². The molecular weight excluding hydrogens is 392 g/mol. The molecule has 1 aromatic rings. The largest absolute Gasteiger partial charge is 0.473 e. The van der Waals surface area contributed by atoms with Gasteiger partial charge in [0.25, 0.3) is 5.69 Å². The minimum Gasteiger partial charge on any atom is -0.473 e. The molecule has 0 unspecified atom stereocenters. The highest BCUT2D eigenvalue weighted by Gasteiger charge is 2.27. The van der Waals surface area contributed by atoms with Crippen LogP contribution in [0.25, 0.3) is 0 Å². The maximum atomic E-state index is 11.1. The third-order valence-corrected chi connectivity index (χ3v) is 5.69. The first kappa shape index (κ1) is 23.7. The van der Waals surface area contributed by atoms with Crippen molar-refractivity contribution in [3.8, 4) is 0 Å². The van der Waals surface area contributed by atoms with E-state index in [2.05, 4.69) is 21.6 Å². The Balaban J connectivity index is 0.000000469. The second kappa shape index (κ2) is 11.6. The highest BCUT2D eigenvalue weighted by atomic mass is 16.6. The molecule has 2 saturated heterocycles. The predicted octanol–water partition coefficient (Wildman–Crippen LogP) is 1.35. The van der Waals surface area contributed by atoms with E-state index in [9.17, 15) is 10.1 Å². The monoisotopic (exact) mass is 422 g/mol. The molecular formula is C20H30N4O6. The first-order chi connectivity index (χ1) is 14.3. The Labute approximate surface area is 175 Å². The number of piperazine rings is 1. The van der Waals surface area contributed by atoms with E-state index in [1.54, 1.807) is 12.1 Å². The standard InChI is InChI=1S/C18H28N4O2.C2H2O4/c1-2-19-11-13-21(14-12-19)17-7-9-20(10-8-17)15-16-5-3-4-6-18(16)22(23)24;3-1(4)2(5)6/h3-6,17H,2,7-15H2,1H3;(H,3,4)(H,5,6). The molecule has 0 aromatic heterocycles. The van der Waals surface area contributed by atoms with Gasteiger partial charge in [-0.25, -0.2) is 9.59 Å². The third-order valence-electron chi connectivity index (χ3n) is 5.69. The van der Waals surface area contributed by atoms with Crippen LogP contribution in [0.5, 0.6) is 0 Å². The molecule has 2 heterocycles. The summed E-state index contributed by atoms with van der Waals surface area (Å²) >= 11 is 0. The van der Waals surface area contributed by atoms with Crippen LogP contribution in [0.1, 0.15) is 25.3 Å². The van der Waals surface area contributed by atoms with E-state index < -0.39 is 11.9 Å². The third kappa shape index (κ3) is 7.05. The summed E-state index contributed by atoms with van der Waals surface area (Å²) in [6, 6.07) is 7.81. The Morgan fingerprint density at radius 3 is 2.07 bits per heavy atom. The van der Waals surface area contributed by atoms with Crippen LogP contribution in [0.3, 0.4) is 0 Å². The van der Waals surface area contributed by atoms with Gasteiger partial charge in [-0.3, -0.25) is 19.9 Å². The fourth-order valence-corrected chi connectivity index (χ4v) is 3.95. The molecule has 2 N–H and O–H groups in total. The second-order valence-corrected chi connectivity index (χ2v) is 7.47. The number of hydrogen-bond donors (Lipinski definition) is 2. The van der Waals surface area contributed by atoms with Gasteiger partial charge in [0, 0.05) is 50.4 Å². The van der Waals surface area contributed by atoms with E-state index in [0.717, 1.165) is 25.2 Å². The molecule has 10 nitrogen and oxygen atoms in total. The molecule has 30 heavy (non-hydrogen) atoms. The summed E-state index contributed by atoms with van der Waals surface area (Å²) in [4.78, 5) is 36.6. The molecule has 2 aliphatic rings. The van der Waals surface area contributed by atoms with Crippen molar-refractivity contribution < 1.29 is 24.7 Å². The molecule has 2 fully saturated rings. The maximum Gasteiger partial charge on any atom is 0.414 e. The van der Waals surface area contributed by atoms with Crippen molar-refractivity contribution in [2.75, 3.05) is 45.8 Å². The van der Waals surface area contributed by atoms with Gasteiger partial charge in [-0.1, -0.05) is 25.1 Å². The van der Waals surface area contributed by atoms with E-state index in [1.165, 1.54) is 39.0 Å². The molecule has 3 rings (SSSR count). The van der Waals surface area contributed by atoms with E-state index in [-0.39, 0.29) is 10.6 Å². The molecule has 0 atom stereocenters. The van der Waals surface area contributed by atoms with Crippen molar-refractivity contribution in [2.45, 2.75) is 32.4 Å². The van der Waals surface area contributed by atoms with Gasteiger partial charge in [-0.15, -0.1) is 0 Å². The van der Waals surface area contributed by atoms with Crippen LogP contribution in [0, 0.1) is 10.1 Å². The van der Waals surface area contributed by atoms with Crippen molar-refractivity contribution in [1.29, 1.82) is 0 Å². The summed E-state index contributed by atoms with van der Waals surface area (Å²) in [7, 11) is 0. The lowest BCUT2D eigenvalue weighted by molar-refractivity contribution is -0.385. The van der Waals surface area contributed by atoms with Gasteiger partial charge in [0.1, 0.15) is 0 Å². The predicted molar refractivity (Wildman–Crippen MR) is 110 cm³/mol. The summed E-state index contributed by atoms with van der Waals surface area (Å²) < 4.78 is 0. The minimum absolute atomic E-state index is 0.246. The first-order valence-electron chi connectivity index (χ1n) is 10.2. The number of likely N-dealkylation sites (N-methyl/N-ethyl adjacent to an activating group) is 1. The molecule has 0 aliphatic carbocycles. The van der Waals surface area contributed by atoms with Crippen LogP contribution in [-0.4, -0.2) is 93.6 Å². The van der Waals surface area contributed by atoms with Crippen molar-refractivity contribution in [3.05, 3.63) is 39.9 Å². The molecule has 0 bridgehead atoms. The van der Waals surface area contributed by atoms with Crippen LogP contribution in [0.15, 0.2) is 24.3 Å².